The van der Waals surface area contributed by atoms with Crippen molar-refractivity contribution in [1.29, 1.82) is 0 Å². The van der Waals surface area contributed by atoms with Gasteiger partial charge in [0.15, 0.2) is 5.82 Å². The lowest BCUT2D eigenvalue weighted by molar-refractivity contribution is 0.0840. The van der Waals surface area contributed by atoms with E-state index in [1.165, 1.54) is 16.7 Å². The number of hydrogen-bond acceptors (Lipinski definition) is 7. The number of tetrazole rings is 1. The van der Waals surface area contributed by atoms with Gasteiger partial charge in [-0.1, -0.05) is 48.0 Å². The number of ether oxygens (including phenoxy) is 2. The Balaban J connectivity index is 1.34. The number of aryl methyl sites for hydroxylation is 1. The van der Waals surface area contributed by atoms with Gasteiger partial charge in [0.1, 0.15) is 5.75 Å². The SMILES string of the molecule is COc1ccccc1CN1CCN([C@@H](c2ccc(C)cc2)c2nnnn2C[C@@H]2CCCO2)CC1. The lowest BCUT2D eigenvalue weighted by Gasteiger charge is -2.39. The summed E-state index contributed by atoms with van der Waals surface area (Å²) in [6.07, 6.45) is 2.37. The standard InChI is InChI=1S/C26H34N6O2/c1-20-9-11-21(12-10-20)25(26-27-28-29-32(26)19-23-7-5-17-34-23)31-15-13-30(14-16-31)18-22-6-3-4-8-24(22)33-2/h3-4,6,8-12,23,25H,5,7,13-19H2,1-2H3/t23-,25-/m0/s1. The van der Waals surface area contributed by atoms with E-state index in [9.17, 15) is 0 Å². The van der Waals surface area contributed by atoms with Crippen LogP contribution in [0.2, 0.25) is 0 Å². The molecule has 0 radical (unpaired) electrons. The number of methoxy groups -OCH3 is 1. The van der Waals surface area contributed by atoms with Crippen LogP contribution in [-0.4, -0.2) is 76.0 Å². The molecule has 3 aromatic rings. The quantitative estimate of drug-likeness (QED) is 0.510. The second-order valence-electron chi connectivity index (χ2n) is 9.29. The number of piperazine rings is 1. The highest BCUT2D eigenvalue weighted by Crippen LogP contribution is 2.30. The first-order chi connectivity index (χ1) is 16.7. The fraction of sp³-hybridized carbons (Fsp3) is 0.500. The van der Waals surface area contributed by atoms with Crippen molar-refractivity contribution >= 4 is 0 Å². The molecule has 8 heteroatoms. The van der Waals surface area contributed by atoms with Gasteiger partial charge in [0.2, 0.25) is 0 Å². The first kappa shape index (κ1) is 23.0. The largest absolute Gasteiger partial charge is 0.496 e. The second kappa shape index (κ2) is 10.6. The molecule has 1 aromatic heterocycles. The van der Waals surface area contributed by atoms with E-state index in [1.54, 1.807) is 7.11 Å². The van der Waals surface area contributed by atoms with E-state index < -0.39 is 0 Å². The van der Waals surface area contributed by atoms with Crippen LogP contribution < -0.4 is 4.74 Å². The fourth-order valence-corrected chi connectivity index (χ4v) is 5.04. The highest BCUT2D eigenvalue weighted by molar-refractivity contribution is 5.33. The van der Waals surface area contributed by atoms with Crippen LogP contribution in [0.5, 0.6) is 5.75 Å². The summed E-state index contributed by atoms with van der Waals surface area (Å²) in [6, 6.07) is 17.1. The van der Waals surface area contributed by atoms with Gasteiger partial charge in [0, 0.05) is 44.9 Å². The molecule has 8 nitrogen and oxygen atoms in total. The van der Waals surface area contributed by atoms with Crippen LogP contribution in [0.15, 0.2) is 48.5 Å². The van der Waals surface area contributed by atoms with Crippen molar-refractivity contribution in [3.8, 4) is 5.75 Å². The van der Waals surface area contributed by atoms with Crippen LogP contribution in [0.3, 0.4) is 0 Å². The molecular weight excluding hydrogens is 428 g/mol. The summed E-state index contributed by atoms with van der Waals surface area (Å²) in [4.78, 5) is 5.01. The zero-order valence-corrected chi connectivity index (χ0v) is 20.1. The van der Waals surface area contributed by atoms with E-state index in [1.807, 2.05) is 16.8 Å². The maximum absolute atomic E-state index is 5.87. The van der Waals surface area contributed by atoms with Gasteiger partial charge in [0.05, 0.1) is 25.8 Å². The molecule has 0 aliphatic carbocycles. The lowest BCUT2D eigenvalue weighted by atomic mass is 10.0. The summed E-state index contributed by atoms with van der Waals surface area (Å²) in [5, 5.41) is 12.9. The average molecular weight is 463 g/mol. The van der Waals surface area contributed by atoms with Crippen molar-refractivity contribution in [2.75, 3.05) is 39.9 Å². The van der Waals surface area contributed by atoms with Crippen molar-refractivity contribution in [3.63, 3.8) is 0 Å². The average Bonchev–Trinajstić information content (AvgIpc) is 3.55. The van der Waals surface area contributed by atoms with Gasteiger partial charge in [-0.3, -0.25) is 9.80 Å². The highest BCUT2D eigenvalue weighted by atomic mass is 16.5. The van der Waals surface area contributed by atoms with E-state index in [4.69, 9.17) is 9.47 Å². The third kappa shape index (κ3) is 5.14. The fourth-order valence-electron chi connectivity index (χ4n) is 5.04. The maximum atomic E-state index is 5.87. The zero-order valence-electron chi connectivity index (χ0n) is 20.1. The third-order valence-corrected chi connectivity index (χ3v) is 6.96. The van der Waals surface area contributed by atoms with Gasteiger partial charge in [-0.15, -0.1) is 5.10 Å². The molecule has 5 rings (SSSR count). The van der Waals surface area contributed by atoms with Crippen LogP contribution in [-0.2, 0) is 17.8 Å². The predicted octanol–water partition coefficient (Wildman–Crippen LogP) is 3.08. The summed E-state index contributed by atoms with van der Waals surface area (Å²) in [6.45, 7) is 8.40. The Bertz CT molecular complexity index is 1060. The molecule has 2 aliphatic rings. The Hall–Kier alpha value is -2.81. The van der Waals surface area contributed by atoms with E-state index in [2.05, 4.69) is 68.6 Å². The summed E-state index contributed by atoms with van der Waals surface area (Å²) < 4.78 is 13.4. The Kier molecular flexibility index (Phi) is 7.18. The first-order valence-corrected chi connectivity index (χ1v) is 12.2. The van der Waals surface area contributed by atoms with Gasteiger partial charge in [-0.05, 0) is 41.8 Å². The van der Waals surface area contributed by atoms with Crippen molar-refractivity contribution in [2.45, 2.75) is 45.0 Å². The smallest absolute Gasteiger partial charge is 0.173 e. The molecule has 0 unspecified atom stereocenters. The normalized spacial score (nSPS) is 20.5. The van der Waals surface area contributed by atoms with Gasteiger partial charge < -0.3 is 9.47 Å². The van der Waals surface area contributed by atoms with Gasteiger partial charge >= 0.3 is 0 Å². The Morgan fingerprint density at radius 3 is 2.59 bits per heavy atom. The van der Waals surface area contributed by atoms with E-state index in [0.29, 0.717) is 6.54 Å². The van der Waals surface area contributed by atoms with Gasteiger partial charge in [0.25, 0.3) is 0 Å². The van der Waals surface area contributed by atoms with Crippen LogP contribution in [0.4, 0.5) is 0 Å². The van der Waals surface area contributed by atoms with Gasteiger partial charge in [-0.25, -0.2) is 4.68 Å². The molecule has 34 heavy (non-hydrogen) atoms. The number of nitrogens with zero attached hydrogens (tertiary/aromatic N) is 6. The van der Waals surface area contributed by atoms with Crippen LogP contribution >= 0.6 is 0 Å². The lowest BCUT2D eigenvalue weighted by Crippen LogP contribution is -2.48. The molecule has 0 bridgehead atoms. The first-order valence-electron chi connectivity index (χ1n) is 12.2. The Morgan fingerprint density at radius 1 is 1.06 bits per heavy atom. The minimum atomic E-state index is 0.0189. The predicted molar refractivity (Wildman–Crippen MR) is 130 cm³/mol. The summed E-state index contributed by atoms with van der Waals surface area (Å²) >= 11 is 0. The monoisotopic (exact) mass is 462 g/mol. The zero-order chi connectivity index (χ0) is 23.3. The van der Waals surface area contributed by atoms with E-state index >= 15 is 0 Å². The molecule has 2 atom stereocenters. The van der Waals surface area contributed by atoms with Crippen molar-refractivity contribution in [1.82, 2.24) is 30.0 Å². The third-order valence-electron chi connectivity index (χ3n) is 6.96. The molecule has 2 aliphatic heterocycles. The maximum Gasteiger partial charge on any atom is 0.173 e. The highest BCUT2D eigenvalue weighted by Gasteiger charge is 2.31. The van der Waals surface area contributed by atoms with Crippen LogP contribution in [0, 0.1) is 6.92 Å². The molecule has 0 N–H and O–H groups in total. The minimum Gasteiger partial charge on any atom is -0.496 e. The van der Waals surface area contributed by atoms with E-state index in [0.717, 1.165) is 63.7 Å². The number of benzene rings is 2. The summed E-state index contributed by atoms with van der Waals surface area (Å²) in [7, 11) is 1.74. The minimum absolute atomic E-state index is 0.0189. The summed E-state index contributed by atoms with van der Waals surface area (Å²) in [5.41, 5.74) is 3.71. The van der Waals surface area contributed by atoms with E-state index in [-0.39, 0.29) is 12.1 Å². The summed E-state index contributed by atoms with van der Waals surface area (Å²) in [5.74, 6) is 1.85. The van der Waals surface area contributed by atoms with Crippen molar-refractivity contribution in [3.05, 3.63) is 71.0 Å². The number of rotatable bonds is 8. The van der Waals surface area contributed by atoms with Crippen LogP contribution in [0.1, 0.15) is 41.4 Å². The second-order valence-corrected chi connectivity index (χ2v) is 9.29. The topological polar surface area (TPSA) is 68.5 Å². The molecule has 0 amide bonds. The van der Waals surface area contributed by atoms with Crippen molar-refractivity contribution < 1.29 is 9.47 Å². The molecule has 0 spiro atoms. The van der Waals surface area contributed by atoms with Gasteiger partial charge in [-0.2, -0.15) is 0 Å². The Labute approximate surface area is 201 Å². The number of aromatic nitrogens is 4. The molecule has 180 valence electrons. The molecule has 2 aromatic carbocycles. The Morgan fingerprint density at radius 2 is 1.85 bits per heavy atom. The number of para-hydroxylation sites is 1. The molecule has 2 saturated heterocycles. The molecule has 0 saturated carbocycles. The molecule has 2 fully saturated rings. The van der Waals surface area contributed by atoms with Crippen LogP contribution in [0.25, 0.3) is 0 Å². The molecule has 3 heterocycles. The van der Waals surface area contributed by atoms with Crippen molar-refractivity contribution in [2.24, 2.45) is 0 Å². The number of hydrogen-bond donors (Lipinski definition) is 0. The molecular formula is C26H34N6O2.